The number of benzene rings is 2. The van der Waals surface area contributed by atoms with E-state index in [1.165, 1.54) is 23.7 Å². The quantitative estimate of drug-likeness (QED) is 0.300. The van der Waals surface area contributed by atoms with Crippen LogP contribution in [0.2, 0.25) is 0 Å². The van der Waals surface area contributed by atoms with Gasteiger partial charge in [0.05, 0.1) is 5.69 Å². The minimum atomic E-state index is -0.244. The number of nitrogens with two attached hydrogens (primary N) is 1. The number of nitrogens with zero attached hydrogens (tertiary/aromatic N) is 6. The molecule has 2 aromatic carbocycles. The van der Waals surface area contributed by atoms with Gasteiger partial charge in [-0.1, -0.05) is 24.3 Å². The van der Waals surface area contributed by atoms with Crippen molar-refractivity contribution in [2.45, 2.75) is 37.8 Å². The summed E-state index contributed by atoms with van der Waals surface area (Å²) in [5, 5.41) is 2.88. The van der Waals surface area contributed by atoms with Gasteiger partial charge in [0.2, 0.25) is 5.91 Å². The van der Waals surface area contributed by atoms with E-state index in [4.69, 9.17) is 5.73 Å². The zero-order chi connectivity index (χ0) is 30.4. The first kappa shape index (κ1) is 28.0. The van der Waals surface area contributed by atoms with Crippen LogP contribution in [0.25, 0.3) is 16.9 Å². The number of aromatic nitrogens is 4. The fourth-order valence-corrected chi connectivity index (χ4v) is 6.87. The molecule has 0 bridgehead atoms. The molecule has 2 saturated carbocycles. The topological polar surface area (TPSA) is 131 Å². The predicted molar refractivity (Wildman–Crippen MR) is 169 cm³/mol. The lowest BCUT2D eigenvalue weighted by Gasteiger charge is -2.19. The van der Waals surface area contributed by atoms with E-state index >= 15 is 0 Å². The van der Waals surface area contributed by atoms with Crippen LogP contribution < -0.4 is 16.7 Å². The second kappa shape index (κ2) is 11.4. The van der Waals surface area contributed by atoms with Crippen molar-refractivity contribution in [1.29, 1.82) is 0 Å². The van der Waals surface area contributed by atoms with Crippen molar-refractivity contribution < 1.29 is 9.59 Å². The van der Waals surface area contributed by atoms with Crippen LogP contribution in [-0.4, -0.2) is 73.4 Å². The first-order valence-electron chi connectivity index (χ1n) is 15.2. The van der Waals surface area contributed by atoms with Crippen LogP contribution in [0.15, 0.2) is 77.9 Å². The van der Waals surface area contributed by atoms with Crippen molar-refractivity contribution in [3.8, 4) is 5.69 Å². The third-order valence-electron chi connectivity index (χ3n) is 9.33. The van der Waals surface area contributed by atoms with E-state index in [0.29, 0.717) is 59.1 Å². The summed E-state index contributed by atoms with van der Waals surface area (Å²) >= 11 is 0. The second-order valence-electron chi connectivity index (χ2n) is 12.2. The molecule has 0 radical (unpaired) electrons. The van der Waals surface area contributed by atoms with Gasteiger partial charge in [0.15, 0.2) is 11.5 Å². The highest BCUT2D eigenvalue weighted by Crippen LogP contribution is 2.44. The molecular weight excluding hydrogens is 556 g/mol. The number of fused-ring (bicyclic) bond motifs is 2. The minimum absolute atomic E-state index is 0.0635. The number of nitrogen functional groups attached to an aromatic ring is 1. The number of likely N-dealkylation sites (tertiary alicyclic amines) is 1. The zero-order valence-corrected chi connectivity index (χ0v) is 24.7. The van der Waals surface area contributed by atoms with Crippen LogP contribution in [0, 0.1) is 11.8 Å². The summed E-state index contributed by atoms with van der Waals surface area (Å²) in [5.41, 5.74) is 8.77. The van der Waals surface area contributed by atoms with Gasteiger partial charge in [0.1, 0.15) is 11.8 Å². The van der Waals surface area contributed by atoms with Crippen LogP contribution in [-0.2, 0) is 4.79 Å². The molecule has 1 aliphatic heterocycles. The van der Waals surface area contributed by atoms with E-state index in [-0.39, 0.29) is 29.4 Å². The molecule has 11 heteroatoms. The van der Waals surface area contributed by atoms with Crippen molar-refractivity contribution in [3.63, 3.8) is 0 Å². The highest BCUT2D eigenvalue weighted by atomic mass is 16.2. The van der Waals surface area contributed by atoms with E-state index in [2.05, 4.69) is 27.2 Å². The van der Waals surface area contributed by atoms with Gasteiger partial charge in [-0.05, 0) is 81.0 Å². The lowest BCUT2D eigenvalue weighted by atomic mass is 10.0. The standard InChI is InChI=1S/C33H36N8O3/c1-38(25-13-14-25)15-5-8-28(42)39-18-22-16-27(17-23(22)19-39)41-31-29(30(34)35-20-36-31)40(33(41)44)26-11-9-21(10-12-26)32(43)37-24-6-3-2-4-7-24/h2-12,20,22-23,25,27H,13-19H2,1H3,(H,37,43)(H2,34,35,36). The average molecular weight is 593 g/mol. The Morgan fingerprint density at radius 2 is 1.73 bits per heavy atom. The van der Waals surface area contributed by atoms with Gasteiger partial charge >= 0.3 is 5.69 Å². The highest BCUT2D eigenvalue weighted by Gasteiger charge is 2.44. The number of hydrogen-bond donors (Lipinski definition) is 2. The largest absolute Gasteiger partial charge is 0.382 e. The number of carbonyl (C=O) groups excluding carboxylic acids is 2. The van der Waals surface area contributed by atoms with Gasteiger partial charge < -0.3 is 16.0 Å². The van der Waals surface area contributed by atoms with Crippen LogP contribution in [0.1, 0.15) is 42.1 Å². The Hall–Kier alpha value is -4.77. The molecule has 2 unspecified atom stereocenters. The van der Waals surface area contributed by atoms with E-state index in [0.717, 1.165) is 19.4 Å². The molecule has 0 spiro atoms. The molecule has 3 N–H and O–H groups in total. The number of anilines is 2. The number of hydrogen-bond acceptors (Lipinski definition) is 7. The average Bonchev–Trinajstić information content (AvgIpc) is 3.59. The van der Waals surface area contributed by atoms with Crippen molar-refractivity contribution >= 4 is 34.5 Å². The van der Waals surface area contributed by atoms with Crippen LogP contribution in [0.5, 0.6) is 0 Å². The molecule has 7 rings (SSSR count). The van der Waals surface area contributed by atoms with E-state index in [1.54, 1.807) is 34.9 Å². The summed E-state index contributed by atoms with van der Waals surface area (Å²) in [7, 11) is 2.10. The van der Waals surface area contributed by atoms with Crippen LogP contribution in [0.3, 0.4) is 0 Å². The molecule has 11 nitrogen and oxygen atoms in total. The summed E-state index contributed by atoms with van der Waals surface area (Å²) in [5.74, 6) is 0.671. The van der Waals surface area contributed by atoms with Crippen molar-refractivity contribution in [1.82, 2.24) is 28.9 Å². The summed E-state index contributed by atoms with van der Waals surface area (Å²) in [6, 6.07) is 16.7. The number of para-hydroxylation sites is 1. The fourth-order valence-electron chi connectivity index (χ4n) is 6.87. The van der Waals surface area contributed by atoms with Gasteiger partial charge in [0.25, 0.3) is 5.91 Å². The monoisotopic (exact) mass is 592 g/mol. The third kappa shape index (κ3) is 5.28. The van der Waals surface area contributed by atoms with Crippen molar-refractivity contribution in [2.24, 2.45) is 11.8 Å². The maximum Gasteiger partial charge on any atom is 0.335 e. The Morgan fingerprint density at radius 1 is 1.02 bits per heavy atom. The molecular formula is C33H36N8O3. The number of nitrogens with one attached hydrogen (secondary N) is 1. The molecule has 2 aliphatic carbocycles. The SMILES string of the molecule is CN(CC=CC(=O)N1CC2CC(n3c(=O)n(-c4ccc(C(=O)Nc5ccccc5)cc4)c4c(N)ncnc43)CC2C1)C1CC1. The summed E-state index contributed by atoms with van der Waals surface area (Å²) in [4.78, 5) is 52.6. The number of carbonyl (C=O) groups is 2. The van der Waals surface area contributed by atoms with Gasteiger partial charge in [-0.2, -0.15) is 0 Å². The lowest BCUT2D eigenvalue weighted by Crippen LogP contribution is -2.30. The first-order valence-corrected chi connectivity index (χ1v) is 15.2. The molecule has 3 heterocycles. The summed E-state index contributed by atoms with van der Waals surface area (Å²) < 4.78 is 3.29. The number of imidazole rings is 1. The molecule has 3 aliphatic rings. The highest BCUT2D eigenvalue weighted by molar-refractivity contribution is 6.04. The normalized spacial score (nSPS) is 21.4. The maximum atomic E-state index is 14.1. The van der Waals surface area contributed by atoms with Gasteiger partial charge in [-0.15, -0.1) is 0 Å². The molecule has 2 atom stereocenters. The van der Waals surface area contributed by atoms with Crippen molar-refractivity contribution in [3.05, 3.63) is 89.1 Å². The predicted octanol–water partition coefficient (Wildman–Crippen LogP) is 3.48. The summed E-state index contributed by atoms with van der Waals surface area (Å²) in [6.45, 7) is 2.18. The maximum absolute atomic E-state index is 14.1. The van der Waals surface area contributed by atoms with E-state index in [9.17, 15) is 14.4 Å². The van der Waals surface area contributed by atoms with Crippen molar-refractivity contribution in [2.75, 3.05) is 37.7 Å². The molecule has 226 valence electrons. The molecule has 2 amide bonds. The summed E-state index contributed by atoms with van der Waals surface area (Å²) in [6.07, 6.45) is 9.13. The van der Waals surface area contributed by atoms with Gasteiger partial charge in [-0.3, -0.25) is 23.6 Å². The molecule has 3 fully saturated rings. The third-order valence-corrected chi connectivity index (χ3v) is 9.33. The Morgan fingerprint density at radius 3 is 2.41 bits per heavy atom. The fraction of sp³-hybridized carbons (Fsp3) is 0.364. The Balaban J connectivity index is 1.09. The Bertz CT molecular complexity index is 1780. The second-order valence-corrected chi connectivity index (χ2v) is 12.2. The Labute approximate surface area is 255 Å². The van der Waals surface area contributed by atoms with Gasteiger partial charge in [-0.25, -0.2) is 14.8 Å². The van der Waals surface area contributed by atoms with Crippen LogP contribution >= 0.6 is 0 Å². The number of rotatable bonds is 8. The van der Waals surface area contributed by atoms with Crippen LogP contribution in [0.4, 0.5) is 11.5 Å². The number of likely N-dealkylation sites (N-methyl/N-ethyl adjacent to an activating group) is 1. The van der Waals surface area contributed by atoms with Gasteiger partial charge in [0, 0.05) is 49.0 Å². The Kier molecular flexibility index (Phi) is 7.25. The number of amides is 2. The molecule has 2 aromatic heterocycles. The molecule has 44 heavy (non-hydrogen) atoms. The molecule has 4 aromatic rings. The lowest BCUT2D eigenvalue weighted by molar-refractivity contribution is -0.125. The van der Waals surface area contributed by atoms with E-state index in [1.807, 2.05) is 41.3 Å². The first-order chi connectivity index (χ1) is 21.4. The molecule has 1 saturated heterocycles. The van der Waals surface area contributed by atoms with E-state index < -0.39 is 0 Å². The minimum Gasteiger partial charge on any atom is -0.382 e. The zero-order valence-electron chi connectivity index (χ0n) is 24.7. The smallest absolute Gasteiger partial charge is 0.335 e.